The molecule has 0 heteroatoms. The molecule has 18 heavy (non-hydrogen) atoms. The lowest BCUT2D eigenvalue weighted by molar-refractivity contribution is 0.585. The number of hydrogen-bond donors (Lipinski definition) is 0. The molecule has 96 valence electrons. The average Bonchev–Trinajstić information content (AvgIpc) is 3.03. The summed E-state index contributed by atoms with van der Waals surface area (Å²) in [5, 5.41) is 0. The highest BCUT2D eigenvalue weighted by Gasteiger charge is 2.19. The summed E-state index contributed by atoms with van der Waals surface area (Å²) in [4.78, 5) is 0. The van der Waals surface area contributed by atoms with Gasteiger partial charge in [-0.3, -0.25) is 0 Å². The molecule has 0 heterocycles. The van der Waals surface area contributed by atoms with Crippen LogP contribution in [-0.2, 0) is 5.41 Å². The Kier molecular flexibility index (Phi) is 3.53. The first-order valence-electron chi connectivity index (χ1n) is 6.98. The van der Waals surface area contributed by atoms with Gasteiger partial charge in [-0.05, 0) is 60.8 Å². The lowest BCUT2D eigenvalue weighted by atomic mass is 9.82. The number of benzene rings is 1. The first kappa shape index (κ1) is 13.2. The zero-order valence-corrected chi connectivity index (χ0v) is 12.4. The number of hydrogen-bond acceptors (Lipinski definition) is 0. The van der Waals surface area contributed by atoms with E-state index in [1.165, 1.54) is 35.1 Å². The Hall–Kier alpha value is -1.22. The van der Waals surface area contributed by atoms with Crippen LogP contribution in [0.3, 0.4) is 0 Å². The third-order valence-electron chi connectivity index (χ3n) is 3.69. The summed E-state index contributed by atoms with van der Waals surface area (Å²) >= 11 is 0. The summed E-state index contributed by atoms with van der Waals surface area (Å²) in [5.41, 5.74) is 5.52. The molecule has 0 amide bonds. The molecule has 1 aromatic carbocycles. The summed E-state index contributed by atoms with van der Waals surface area (Å²) in [7, 11) is 0. The second kappa shape index (κ2) is 4.81. The van der Waals surface area contributed by atoms with E-state index in [0.717, 1.165) is 12.3 Å². The largest absolute Gasteiger partial charge is 0.0976 e. The molecule has 1 aliphatic carbocycles. The van der Waals surface area contributed by atoms with E-state index < -0.39 is 0 Å². The van der Waals surface area contributed by atoms with Crippen LogP contribution in [0.15, 0.2) is 12.1 Å². The SMILES string of the molecule is Cc1cc(C)c(C(C)(C)C)cc1C#CCC1CC1. The van der Waals surface area contributed by atoms with Crippen molar-refractivity contribution in [2.75, 3.05) is 0 Å². The zero-order valence-electron chi connectivity index (χ0n) is 12.4. The molecule has 0 bridgehead atoms. The number of rotatable bonds is 1. The summed E-state index contributed by atoms with van der Waals surface area (Å²) in [5.74, 6) is 7.62. The van der Waals surface area contributed by atoms with E-state index in [0.29, 0.717) is 0 Å². The first-order valence-corrected chi connectivity index (χ1v) is 6.98. The Balaban J connectivity index is 2.30. The molecule has 2 rings (SSSR count). The Bertz CT molecular complexity index is 499. The normalized spacial score (nSPS) is 15.2. The summed E-state index contributed by atoms with van der Waals surface area (Å²) < 4.78 is 0. The van der Waals surface area contributed by atoms with Crippen LogP contribution in [0.1, 0.15) is 62.3 Å². The van der Waals surface area contributed by atoms with Crippen LogP contribution in [0, 0.1) is 31.6 Å². The van der Waals surface area contributed by atoms with E-state index in [1.807, 2.05) is 0 Å². The molecule has 1 aliphatic rings. The Morgan fingerprint density at radius 1 is 1.11 bits per heavy atom. The molecule has 0 N–H and O–H groups in total. The topological polar surface area (TPSA) is 0 Å². The van der Waals surface area contributed by atoms with Crippen LogP contribution in [0.25, 0.3) is 0 Å². The third-order valence-corrected chi connectivity index (χ3v) is 3.69. The highest BCUT2D eigenvalue weighted by molar-refractivity contribution is 5.48. The first-order chi connectivity index (χ1) is 8.38. The van der Waals surface area contributed by atoms with Gasteiger partial charge < -0.3 is 0 Å². The maximum Gasteiger partial charge on any atom is 0.0277 e. The summed E-state index contributed by atoms with van der Waals surface area (Å²) in [6, 6.07) is 4.58. The van der Waals surface area contributed by atoms with Crippen LogP contribution >= 0.6 is 0 Å². The van der Waals surface area contributed by atoms with Gasteiger partial charge in [0.15, 0.2) is 0 Å². The van der Waals surface area contributed by atoms with Crippen LogP contribution in [0.4, 0.5) is 0 Å². The van der Waals surface area contributed by atoms with Gasteiger partial charge in [0.2, 0.25) is 0 Å². The molecule has 0 aromatic heterocycles. The lowest BCUT2D eigenvalue weighted by Crippen LogP contribution is -2.13. The molecule has 1 saturated carbocycles. The predicted molar refractivity (Wildman–Crippen MR) is 78.8 cm³/mol. The maximum atomic E-state index is 3.37. The summed E-state index contributed by atoms with van der Waals surface area (Å²) in [6.07, 6.45) is 3.85. The fourth-order valence-corrected chi connectivity index (χ4v) is 2.41. The van der Waals surface area contributed by atoms with Crippen LogP contribution in [0.2, 0.25) is 0 Å². The van der Waals surface area contributed by atoms with Crippen LogP contribution in [0.5, 0.6) is 0 Å². The lowest BCUT2D eigenvalue weighted by Gasteiger charge is -2.22. The Morgan fingerprint density at radius 3 is 2.33 bits per heavy atom. The fraction of sp³-hybridized carbons (Fsp3) is 0.556. The zero-order chi connectivity index (χ0) is 13.3. The van der Waals surface area contributed by atoms with Crippen molar-refractivity contribution in [1.82, 2.24) is 0 Å². The van der Waals surface area contributed by atoms with Crippen LogP contribution in [-0.4, -0.2) is 0 Å². The van der Waals surface area contributed by atoms with Gasteiger partial charge in [0, 0.05) is 12.0 Å². The van der Waals surface area contributed by atoms with E-state index in [4.69, 9.17) is 0 Å². The van der Waals surface area contributed by atoms with Gasteiger partial charge in [0.05, 0.1) is 0 Å². The van der Waals surface area contributed by atoms with Crippen molar-refractivity contribution >= 4 is 0 Å². The van der Waals surface area contributed by atoms with Gasteiger partial charge in [-0.2, -0.15) is 0 Å². The van der Waals surface area contributed by atoms with Gasteiger partial charge >= 0.3 is 0 Å². The predicted octanol–water partition coefficient (Wildman–Crippen LogP) is 4.75. The van der Waals surface area contributed by atoms with Crippen molar-refractivity contribution in [3.63, 3.8) is 0 Å². The maximum absolute atomic E-state index is 3.37. The molecule has 1 fully saturated rings. The fourth-order valence-electron chi connectivity index (χ4n) is 2.41. The standard InChI is InChI=1S/C18H24/c1-13-11-14(2)17(18(3,4)5)12-16(13)8-6-7-15-9-10-15/h11-12,15H,7,9-10H2,1-5H3. The molecule has 0 aliphatic heterocycles. The smallest absolute Gasteiger partial charge is 0.0277 e. The minimum Gasteiger partial charge on any atom is -0.0976 e. The summed E-state index contributed by atoms with van der Waals surface area (Å²) in [6.45, 7) is 11.2. The van der Waals surface area contributed by atoms with E-state index in [-0.39, 0.29) is 5.41 Å². The van der Waals surface area contributed by atoms with Crippen LogP contribution < -0.4 is 0 Å². The molecule has 0 saturated heterocycles. The third kappa shape index (κ3) is 3.16. The minimum atomic E-state index is 0.199. The molecule has 0 atom stereocenters. The van der Waals surface area contributed by atoms with E-state index in [1.54, 1.807) is 0 Å². The van der Waals surface area contributed by atoms with Gasteiger partial charge in [0.25, 0.3) is 0 Å². The second-order valence-electron chi connectivity index (χ2n) is 6.68. The highest BCUT2D eigenvalue weighted by Crippen LogP contribution is 2.32. The molecule has 0 nitrogen and oxygen atoms in total. The average molecular weight is 240 g/mol. The Labute approximate surface area is 112 Å². The molecule has 0 radical (unpaired) electrons. The van der Waals surface area contributed by atoms with Gasteiger partial charge in [-0.25, -0.2) is 0 Å². The molecule has 1 aromatic rings. The van der Waals surface area contributed by atoms with Gasteiger partial charge in [-0.15, -0.1) is 0 Å². The molecule has 0 spiro atoms. The quantitative estimate of drug-likeness (QED) is 0.621. The van der Waals surface area contributed by atoms with Crippen molar-refractivity contribution in [3.05, 3.63) is 34.4 Å². The van der Waals surface area contributed by atoms with Crippen molar-refractivity contribution in [2.45, 2.75) is 59.3 Å². The van der Waals surface area contributed by atoms with Crippen molar-refractivity contribution in [2.24, 2.45) is 5.92 Å². The van der Waals surface area contributed by atoms with Gasteiger partial charge in [-0.1, -0.05) is 38.7 Å². The Morgan fingerprint density at radius 2 is 1.78 bits per heavy atom. The van der Waals surface area contributed by atoms with E-state index in [2.05, 4.69) is 58.6 Å². The molecular formula is C18H24. The minimum absolute atomic E-state index is 0.199. The van der Waals surface area contributed by atoms with Crippen molar-refractivity contribution in [1.29, 1.82) is 0 Å². The van der Waals surface area contributed by atoms with Crippen molar-refractivity contribution in [3.8, 4) is 11.8 Å². The van der Waals surface area contributed by atoms with Crippen molar-refractivity contribution < 1.29 is 0 Å². The second-order valence-corrected chi connectivity index (χ2v) is 6.68. The number of aryl methyl sites for hydroxylation is 2. The van der Waals surface area contributed by atoms with E-state index >= 15 is 0 Å². The monoisotopic (exact) mass is 240 g/mol. The molecule has 0 unspecified atom stereocenters. The molecular weight excluding hydrogens is 216 g/mol. The van der Waals surface area contributed by atoms with Gasteiger partial charge in [0.1, 0.15) is 0 Å². The van der Waals surface area contributed by atoms with E-state index in [9.17, 15) is 0 Å². The highest BCUT2D eigenvalue weighted by atomic mass is 14.2.